The number of hydrogen-bond acceptors (Lipinski definition) is 3. The molecule has 0 aromatic heterocycles. The fourth-order valence-electron chi connectivity index (χ4n) is 2.15. The minimum atomic E-state index is -0.0391. The van der Waals surface area contributed by atoms with Crippen molar-refractivity contribution >= 4 is 17.5 Å². The third kappa shape index (κ3) is 1.62. The molecule has 18 heavy (non-hydrogen) atoms. The number of rotatable bonds is 0. The van der Waals surface area contributed by atoms with Gasteiger partial charge in [-0.1, -0.05) is 24.3 Å². The highest BCUT2D eigenvalue weighted by Gasteiger charge is 2.23. The second-order valence-corrected chi connectivity index (χ2v) is 5.08. The van der Waals surface area contributed by atoms with Crippen LogP contribution >= 0.6 is 11.8 Å². The molecule has 2 nitrogen and oxygen atoms in total. The standard InChI is InChI=1S/C15H9NOS/c16-8-10-4-3-5-11-9-18-13-7-2-1-6-12(13)15(17)14(10)11/h1-7H,9H2. The highest BCUT2D eigenvalue weighted by molar-refractivity contribution is 7.98. The van der Waals surface area contributed by atoms with E-state index in [1.54, 1.807) is 17.8 Å². The maximum Gasteiger partial charge on any atom is 0.195 e. The molecule has 2 aromatic carbocycles. The van der Waals surface area contributed by atoms with Crippen LogP contribution in [0.25, 0.3) is 0 Å². The summed E-state index contributed by atoms with van der Waals surface area (Å²) in [6, 6.07) is 15.1. The molecular formula is C15H9NOS. The lowest BCUT2D eigenvalue weighted by atomic mass is 9.95. The molecule has 3 rings (SSSR count). The Morgan fingerprint density at radius 1 is 1.11 bits per heavy atom. The van der Waals surface area contributed by atoms with Crippen molar-refractivity contribution in [3.8, 4) is 6.07 Å². The molecule has 0 saturated carbocycles. The van der Waals surface area contributed by atoms with Gasteiger partial charge in [-0.2, -0.15) is 5.26 Å². The number of carbonyl (C=O) groups excluding carboxylic acids is 1. The number of hydrogen-bond donors (Lipinski definition) is 0. The third-order valence-electron chi connectivity index (χ3n) is 3.01. The minimum absolute atomic E-state index is 0.0391. The molecule has 1 aliphatic rings. The Morgan fingerprint density at radius 2 is 1.94 bits per heavy atom. The van der Waals surface area contributed by atoms with Crippen molar-refractivity contribution in [2.24, 2.45) is 0 Å². The van der Waals surface area contributed by atoms with Crippen molar-refractivity contribution in [3.63, 3.8) is 0 Å². The molecule has 0 bridgehead atoms. The summed E-state index contributed by atoms with van der Waals surface area (Å²) in [5, 5.41) is 9.14. The normalized spacial score (nSPS) is 13.2. The second kappa shape index (κ2) is 4.32. The fraction of sp³-hybridized carbons (Fsp3) is 0.0667. The van der Waals surface area contributed by atoms with Crippen LogP contribution in [-0.4, -0.2) is 5.78 Å². The van der Waals surface area contributed by atoms with E-state index in [0.717, 1.165) is 16.2 Å². The van der Waals surface area contributed by atoms with Crippen molar-refractivity contribution in [1.29, 1.82) is 5.26 Å². The molecule has 0 saturated heterocycles. The van der Waals surface area contributed by atoms with E-state index in [2.05, 4.69) is 6.07 Å². The number of benzene rings is 2. The van der Waals surface area contributed by atoms with Gasteiger partial charge in [0.25, 0.3) is 0 Å². The number of nitriles is 1. The molecule has 0 unspecified atom stereocenters. The van der Waals surface area contributed by atoms with Crippen LogP contribution in [0.15, 0.2) is 47.4 Å². The SMILES string of the molecule is N#Cc1cccc2c1C(=O)c1ccccc1SC2. The summed E-state index contributed by atoms with van der Waals surface area (Å²) in [4.78, 5) is 13.5. The van der Waals surface area contributed by atoms with Crippen LogP contribution in [0.2, 0.25) is 0 Å². The van der Waals surface area contributed by atoms with Crippen LogP contribution in [0.1, 0.15) is 27.0 Å². The summed E-state index contributed by atoms with van der Waals surface area (Å²) in [6.07, 6.45) is 0. The molecule has 86 valence electrons. The van der Waals surface area contributed by atoms with Crippen molar-refractivity contribution < 1.29 is 4.79 Å². The van der Waals surface area contributed by atoms with Gasteiger partial charge in [0, 0.05) is 21.8 Å². The molecule has 1 aliphatic heterocycles. The van der Waals surface area contributed by atoms with Crippen molar-refractivity contribution in [3.05, 3.63) is 64.7 Å². The quantitative estimate of drug-likeness (QED) is 0.720. The number of ketones is 1. The van der Waals surface area contributed by atoms with Crippen molar-refractivity contribution in [1.82, 2.24) is 0 Å². The van der Waals surface area contributed by atoms with E-state index in [4.69, 9.17) is 5.26 Å². The Labute approximate surface area is 109 Å². The van der Waals surface area contributed by atoms with Crippen LogP contribution < -0.4 is 0 Å². The Hall–Kier alpha value is -2.05. The average Bonchev–Trinajstić information content (AvgIpc) is 2.57. The number of carbonyl (C=O) groups is 1. The molecule has 0 aliphatic carbocycles. The summed E-state index contributed by atoms with van der Waals surface area (Å²) in [6.45, 7) is 0. The topological polar surface area (TPSA) is 40.9 Å². The third-order valence-corrected chi connectivity index (χ3v) is 4.14. The maximum absolute atomic E-state index is 12.5. The van der Waals surface area contributed by atoms with E-state index in [9.17, 15) is 4.79 Å². The van der Waals surface area contributed by atoms with Gasteiger partial charge in [-0.3, -0.25) is 4.79 Å². The lowest BCUT2D eigenvalue weighted by Crippen LogP contribution is -2.06. The summed E-state index contributed by atoms with van der Waals surface area (Å²) < 4.78 is 0. The van der Waals surface area contributed by atoms with Crippen LogP contribution in [0.3, 0.4) is 0 Å². The molecule has 2 aromatic rings. The summed E-state index contributed by atoms with van der Waals surface area (Å²) >= 11 is 1.64. The monoisotopic (exact) mass is 251 g/mol. The average molecular weight is 251 g/mol. The predicted molar refractivity (Wildman–Crippen MR) is 70.6 cm³/mol. The molecule has 0 atom stereocenters. The molecule has 0 amide bonds. The van der Waals surface area contributed by atoms with Crippen LogP contribution in [-0.2, 0) is 5.75 Å². The Kier molecular flexibility index (Phi) is 2.66. The van der Waals surface area contributed by atoms with Gasteiger partial charge in [0.1, 0.15) is 0 Å². The van der Waals surface area contributed by atoms with E-state index in [1.165, 1.54) is 0 Å². The zero-order valence-electron chi connectivity index (χ0n) is 9.51. The summed E-state index contributed by atoms with van der Waals surface area (Å²) in [7, 11) is 0. The Morgan fingerprint density at radius 3 is 2.78 bits per heavy atom. The first-order valence-electron chi connectivity index (χ1n) is 5.60. The Bertz CT molecular complexity index is 685. The van der Waals surface area contributed by atoms with Gasteiger partial charge in [0.05, 0.1) is 11.6 Å². The number of nitrogens with zero attached hydrogens (tertiary/aromatic N) is 1. The molecule has 1 heterocycles. The van der Waals surface area contributed by atoms with Crippen LogP contribution in [0.5, 0.6) is 0 Å². The molecule has 3 heteroatoms. The first-order valence-corrected chi connectivity index (χ1v) is 6.58. The van der Waals surface area contributed by atoms with Crippen molar-refractivity contribution in [2.75, 3.05) is 0 Å². The summed E-state index contributed by atoms with van der Waals surface area (Å²) in [5.41, 5.74) is 2.68. The molecular weight excluding hydrogens is 242 g/mol. The molecule has 0 spiro atoms. The smallest absolute Gasteiger partial charge is 0.195 e. The van der Waals surface area contributed by atoms with E-state index in [1.807, 2.05) is 36.4 Å². The van der Waals surface area contributed by atoms with E-state index in [-0.39, 0.29) is 5.78 Å². The molecule has 0 radical (unpaired) electrons. The minimum Gasteiger partial charge on any atom is -0.289 e. The van der Waals surface area contributed by atoms with Gasteiger partial charge in [0.15, 0.2) is 5.78 Å². The van der Waals surface area contributed by atoms with E-state index >= 15 is 0 Å². The zero-order chi connectivity index (χ0) is 12.5. The van der Waals surface area contributed by atoms with E-state index < -0.39 is 0 Å². The van der Waals surface area contributed by atoms with Gasteiger partial charge in [-0.15, -0.1) is 11.8 Å². The predicted octanol–water partition coefficient (Wildman–Crippen LogP) is 3.39. The van der Waals surface area contributed by atoms with Crippen LogP contribution in [0, 0.1) is 11.3 Å². The highest BCUT2D eigenvalue weighted by atomic mass is 32.2. The maximum atomic E-state index is 12.5. The highest BCUT2D eigenvalue weighted by Crippen LogP contribution is 2.34. The lowest BCUT2D eigenvalue weighted by molar-refractivity contribution is 0.103. The number of thioether (sulfide) groups is 1. The Balaban J connectivity index is 2.28. The first-order chi connectivity index (χ1) is 8.81. The zero-order valence-corrected chi connectivity index (χ0v) is 10.3. The van der Waals surface area contributed by atoms with E-state index in [0.29, 0.717) is 16.7 Å². The van der Waals surface area contributed by atoms with Gasteiger partial charge in [-0.25, -0.2) is 0 Å². The van der Waals surface area contributed by atoms with Gasteiger partial charge < -0.3 is 0 Å². The number of fused-ring (bicyclic) bond motifs is 2. The van der Waals surface area contributed by atoms with Gasteiger partial charge in [0.2, 0.25) is 0 Å². The van der Waals surface area contributed by atoms with Gasteiger partial charge >= 0.3 is 0 Å². The largest absolute Gasteiger partial charge is 0.289 e. The fourth-order valence-corrected chi connectivity index (χ4v) is 3.19. The van der Waals surface area contributed by atoms with Crippen molar-refractivity contribution in [2.45, 2.75) is 10.6 Å². The van der Waals surface area contributed by atoms with Crippen LogP contribution in [0.4, 0.5) is 0 Å². The molecule has 0 fully saturated rings. The lowest BCUT2D eigenvalue weighted by Gasteiger charge is -2.05. The second-order valence-electron chi connectivity index (χ2n) is 4.07. The summed E-state index contributed by atoms with van der Waals surface area (Å²) in [5.74, 6) is 0.691. The first kappa shape index (κ1) is 11.1. The van der Waals surface area contributed by atoms with Gasteiger partial charge in [-0.05, 0) is 23.8 Å². The molecule has 0 N–H and O–H groups in total.